The minimum absolute atomic E-state index is 0.127. The van der Waals surface area contributed by atoms with Gasteiger partial charge in [-0.15, -0.1) is 0 Å². The molecule has 0 spiro atoms. The van der Waals surface area contributed by atoms with E-state index in [-0.39, 0.29) is 5.78 Å². The van der Waals surface area contributed by atoms with Crippen LogP contribution in [0.4, 0.5) is 0 Å². The van der Waals surface area contributed by atoms with Crippen LogP contribution in [0.25, 0.3) is 17.4 Å². The van der Waals surface area contributed by atoms with E-state index in [0.29, 0.717) is 28.4 Å². The Morgan fingerprint density at radius 3 is 2.56 bits per heavy atom. The number of carbonyl (C=O) groups excluding carboxylic acids is 1. The molecule has 0 fully saturated rings. The number of nitriles is 1. The fourth-order valence-corrected chi connectivity index (χ4v) is 2.39. The third kappa shape index (κ3) is 3.67. The number of rotatable bonds is 5. The molecule has 0 N–H and O–H groups in total. The molecule has 0 saturated heterocycles. The molecular weight excluding hydrogens is 314 g/mol. The van der Waals surface area contributed by atoms with E-state index in [0.717, 1.165) is 5.56 Å². The number of hydrogen-bond acceptors (Lipinski definition) is 4. The lowest BCUT2D eigenvalue weighted by molar-refractivity contribution is 0.104. The van der Waals surface area contributed by atoms with Crippen LogP contribution in [0.3, 0.4) is 0 Å². The topological polar surface area (TPSA) is 63.2 Å². The van der Waals surface area contributed by atoms with Crippen molar-refractivity contribution < 1.29 is 13.9 Å². The fourth-order valence-electron chi connectivity index (χ4n) is 2.39. The highest BCUT2D eigenvalue weighted by atomic mass is 16.5. The third-order valence-electron chi connectivity index (χ3n) is 3.71. The van der Waals surface area contributed by atoms with E-state index in [1.165, 1.54) is 6.08 Å². The number of nitrogens with zero attached hydrogens (tertiary/aromatic N) is 1. The summed E-state index contributed by atoms with van der Waals surface area (Å²) in [5.74, 6) is 1.71. The molecule has 1 aromatic heterocycles. The van der Waals surface area contributed by atoms with Crippen LogP contribution >= 0.6 is 0 Å². The molecule has 3 rings (SSSR count). The molecule has 2 aromatic carbocycles. The van der Waals surface area contributed by atoms with Crippen molar-refractivity contribution in [3.63, 3.8) is 0 Å². The normalized spacial score (nSPS) is 10.6. The van der Waals surface area contributed by atoms with Crippen molar-refractivity contribution in [2.24, 2.45) is 0 Å². The van der Waals surface area contributed by atoms with Gasteiger partial charge in [0.1, 0.15) is 17.3 Å². The van der Waals surface area contributed by atoms with Crippen LogP contribution in [0.1, 0.15) is 21.7 Å². The first kappa shape index (κ1) is 16.3. The van der Waals surface area contributed by atoms with Crippen LogP contribution in [0.2, 0.25) is 0 Å². The number of hydrogen-bond donors (Lipinski definition) is 0. The van der Waals surface area contributed by atoms with Crippen molar-refractivity contribution in [3.8, 4) is 23.1 Å². The van der Waals surface area contributed by atoms with Gasteiger partial charge in [0.05, 0.1) is 18.7 Å². The average Bonchev–Trinajstić information content (AvgIpc) is 3.15. The smallest absolute Gasteiger partial charge is 0.185 e. The van der Waals surface area contributed by atoms with Crippen molar-refractivity contribution >= 4 is 11.9 Å². The highest BCUT2D eigenvalue weighted by Crippen LogP contribution is 2.26. The highest BCUT2D eigenvalue weighted by molar-refractivity contribution is 6.06. The zero-order chi connectivity index (χ0) is 17.6. The van der Waals surface area contributed by atoms with Crippen molar-refractivity contribution in [1.29, 1.82) is 5.26 Å². The molecule has 4 heteroatoms. The molecule has 122 valence electrons. The molecule has 1 heterocycles. The number of carbonyl (C=O) groups is 1. The van der Waals surface area contributed by atoms with Crippen LogP contribution in [-0.2, 0) is 0 Å². The summed E-state index contributed by atoms with van der Waals surface area (Å²) in [6.07, 6.45) is 3.08. The molecule has 0 bridgehead atoms. The van der Waals surface area contributed by atoms with Crippen LogP contribution in [0.5, 0.6) is 5.75 Å². The first-order valence-corrected chi connectivity index (χ1v) is 7.67. The number of ether oxygens (including phenoxy) is 1. The van der Waals surface area contributed by atoms with Gasteiger partial charge in [0, 0.05) is 11.1 Å². The standard InChI is InChI=1S/C21H15NO3/c1-24-17-8-6-15(7-9-17)20(23)12-10-18-11-13-21(25-18)19-5-3-2-4-16(19)14-22/h2-13H,1H3/b12-10+. The predicted molar refractivity (Wildman–Crippen MR) is 95.2 cm³/mol. The Kier molecular flexibility index (Phi) is 4.77. The molecule has 0 aliphatic carbocycles. The van der Waals surface area contributed by atoms with Gasteiger partial charge in [0.25, 0.3) is 0 Å². The van der Waals surface area contributed by atoms with Crippen LogP contribution in [0.15, 0.2) is 71.2 Å². The van der Waals surface area contributed by atoms with E-state index in [2.05, 4.69) is 6.07 Å². The van der Waals surface area contributed by atoms with Crippen molar-refractivity contribution in [1.82, 2.24) is 0 Å². The Hall–Kier alpha value is -3.58. The largest absolute Gasteiger partial charge is 0.497 e. The quantitative estimate of drug-likeness (QED) is 0.502. The van der Waals surface area contributed by atoms with Gasteiger partial charge in [-0.25, -0.2) is 0 Å². The summed E-state index contributed by atoms with van der Waals surface area (Å²) in [5.41, 5.74) is 1.84. The summed E-state index contributed by atoms with van der Waals surface area (Å²) < 4.78 is 10.8. The van der Waals surface area contributed by atoms with E-state index in [1.54, 1.807) is 61.7 Å². The number of methoxy groups -OCH3 is 1. The van der Waals surface area contributed by atoms with Crippen molar-refractivity contribution in [2.45, 2.75) is 0 Å². The molecule has 4 nitrogen and oxygen atoms in total. The van der Waals surface area contributed by atoms with E-state index < -0.39 is 0 Å². The molecule has 0 radical (unpaired) electrons. The summed E-state index contributed by atoms with van der Waals surface area (Å²) in [6, 6.07) is 19.8. The number of allylic oxidation sites excluding steroid dienone is 1. The number of furan rings is 1. The van der Waals surface area contributed by atoms with Gasteiger partial charge in [0.2, 0.25) is 0 Å². The summed E-state index contributed by atoms with van der Waals surface area (Å²) in [6.45, 7) is 0. The van der Waals surface area contributed by atoms with Gasteiger partial charge in [-0.1, -0.05) is 12.1 Å². The van der Waals surface area contributed by atoms with Crippen molar-refractivity contribution in [3.05, 3.63) is 83.6 Å². The monoisotopic (exact) mass is 329 g/mol. The first-order valence-electron chi connectivity index (χ1n) is 7.67. The molecule has 3 aromatic rings. The Bertz CT molecular complexity index is 959. The fraction of sp³-hybridized carbons (Fsp3) is 0.0476. The molecular formula is C21H15NO3. The predicted octanol–water partition coefficient (Wildman–Crippen LogP) is 4.72. The Labute approximate surface area is 145 Å². The van der Waals surface area contributed by atoms with Crippen LogP contribution in [0, 0.1) is 11.3 Å². The number of ketones is 1. The van der Waals surface area contributed by atoms with E-state index in [1.807, 2.05) is 12.1 Å². The maximum atomic E-state index is 12.2. The molecule has 0 atom stereocenters. The first-order chi connectivity index (χ1) is 12.2. The van der Waals surface area contributed by atoms with Crippen molar-refractivity contribution in [2.75, 3.05) is 7.11 Å². The van der Waals surface area contributed by atoms with Gasteiger partial charge in [0.15, 0.2) is 5.78 Å². The average molecular weight is 329 g/mol. The lowest BCUT2D eigenvalue weighted by Gasteiger charge is -2.00. The van der Waals surface area contributed by atoms with Gasteiger partial charge in [-0.3, -0.25) is 4.79 Å². The summed E-state index contributed by atoms with van der Waals surface area (Å²) in [7, 11) is 1.58. The molecule has 25 heavy (non-hydrogen) atoms. The lowest BCUT2D eigenvalue weighted by atomic mass is 10.1. The second kappa shape index (κ2) is 7.33. The summed E-state index contributed by atoms with van der Waals surface area (Å²) >= 11 is 0. The Morgan fingerprint density at radius 1 is 1.08 bits per heavy atom. The minimum Gasteiger partial charge on any atom is -0.497 e. The van der Waals surface area contributed by atoms with Gasteiger partial charge < -0.3 is 9.15 Å². The van der Waals surface area contributed by atoms with Crippen LogP contribution in [-0.4, -0.2) is 12.9 Å². The second-order valence-corrected chi connectivity index (χ2v) is 5.29. The second-order valence-electron chi connectivity index (χ2n) is 5.29. The van der Waals surface area contributed by atoms with Crippen LogP contribution < -0.4 is 4.74 Å². The van der Waals surface area contributed by atoms with E-state index in [9.17, 15) is 4.79 Å². The summed E-state index contributed by atoms with van der Waals surface area (Å²) in [4.78, 5) is 12.2. The minimum atomic E-state index is -0.127. The van der Waals surface area contributed by atoms with Gasteiger partial charge in [-0.2, -0.15) is 5.26 Å². The van der Waals surface area contributed by atoms with Gasteiger partial charge >= 0.3 is 0 Å². The molecule has 0 amide bonds. The third-order valence-corrected chi connectivity index (χ3v) is 3.71. The maximum Gasteiger partial charge on any atom is 0.185 e. The van der Waals surface area contributed by atoms with E-state index >= 15 is 0 Å². The zero-order valence-electron chi connectivity index (χ0n) is 13.6. The maximum absolute atomic E-state index is 12.2. The molecule has 0 saturated carbocycles. The SMILES string of the molecule is COc1ccc(C(=O)/C=C/c2ccc(-c3ccccc3C#N)o2)cc1. The Morgan fingerprint density at radius 2 is 1.84 bits per heavy atom. The molecule has 0 aliphatic heterocycles. The zero-order valence-corrected chi connectivity index (χ0v) is 13.6. The number of benzene rings is 2. The Balaban J connectivity index is 1.77. The summed E-state index contributed by atoms with van der Waals surface area (Å²) in [5, 5.41) is 9.17. The molecule has 0 aliphatic rings. The highest BCUT2D eigenvalue weighted by Gasteiger charge is 2.08. The van der Waals surface area contributed by atoms with E-state index in [4.69, 9.17) is 14.4 Å². The lowest BCUT2D eigenvalue weighted by Crippen LogP contribution is -1.93. The van der Waals surface area contributed by atoms with Gasteiger partial charge in [-0.05, 0) is 60.7 Å². The molecule has 0 unspecified atom stereocenters.